The van der Waals surface area contributed by atoms with E-state index < -0.39 is 5.41 Å². The summed E-state index contributed by atoms with van der Waals surface area (Å²) in [5.74, 6) is 0. The lowest BCUT2D eigenvalue weighted by Crippen LogP contribution is -2.68. The summed E-state index contributed by atoms with van der Waals surface area (Å²) in [7, 11) is 0. The Morgan fingerprint density at radius 2 is 0.782 bits per heavy atom. The van der Waals surface area contributed by atoms with Crippen molar-refractivity contribution in [3.8, 4) is 33.4 Å². The number of hydrogen-bond donors (Lipinski definition) is 0. The zero-order valence-corrected chi connectivity index (χ0v) is 51.5. The molecule has 11 aromatic rings. The zero-order chi connectivity index (χ0) is 59.2. The van der Waals surface area contributed by atoms with E-state index in [-0.39, 0.29) is 28.5 Å². The van der Waals surface area contributed by atoms with Crippen LogP contribution in [0.5, 0.6) is 0 Å². The van der Waals surface area contributed by atoms with Crippen LogP contribution in [0.15, 0.2) is 255 Å². The van der Waals surface area contributed by atoms with Crippen molar-refractivity contribution >= 4 is 68.6 Å². The van der Waals surface area contributed by atoms with E-state index in [9.17, 15) is 0 Å². The molecule has 4 heteroatoms. The topological polar surface area (TPSA) is 9.72 Å². The molecule has 16 rings (SSSR count). The van der Waals surface area contributed by atoms with Gasteiger partial charge >= 0.3 is 0 Å². The highest BCUT2D eigenvalue weighted by Gasteiger charge is 2.60. The lowest BCUT2D eigenvalue weighted by atomic mass is 9.28. The van der Waals surface area contributed by atoms with Crippen LogP contribution < -0.4 is 31.1 Å². The lowest BCUT2D eigenvalue weighted by Gasteiger charge is -2.53. The summed E-state index contributed by atoms with van der Waals surface area (Å²) >= 11 is 0. The monoisotopic (exact) mass is 1120 g/mol. The van der Waals surface area contributed by atoms with Gasteiger partial charge in [0, 0.05) is 50.7 Å². The van der Waals surface area contributed by atoms with E-state index in [4.69, 9.17) is 0 Å². The predicted molar refractivity (Wildman–Crippen MR) is 369 cm³/mol. The van der Waals surface area contributed by atoms with Gasteiger partial charge in [-0.25, -0.2) is 0 Å². The van der Waals surface area contributed by atoms with Crippen molar-refractivity contribution in [1.82, 2.24) is 0 Å². The van der Waals surface area contributed by atoms with E-state index in [2.05, 4.69) is 325 Å². The van der Waals surface area contributed by atoms with Crippen molar-refractivity contribution in [2.45, 2.75) is 108 Å². The first-order valence-corrected chi connectivity index (χ1v) is 31.7. The lowest BCUT2D eigenvalue weighted by molar-refractivity contribution is 0.195. The fourth-order valence-electron chi connectivity index (χ4n) is 16.8. The molecule has 87 heavy (non-hydrogen) atoms. The van der Waals surface area contributed by atoms with E-state index in [1.165, 1.54) is 136 Å². The molecule has 2 atom stereocenters. The van der Waals surface area contributed by atoms with Crippen LogP contribution >= 0.6 is 0 Å². The molecule has 1 saturated carbocycles. The summed E-state index contributed by atoms with van der Waals surface area (Å²) in [6.45, 7) is 19.0. The highest BCUT2D eigenvalue weighted by Crippen LogP contribution is 2.63. The minimum absolute atomic E-state index is 0.0183. The summed E-state index contributed by atoms with van der Waals surface area (Å²) in [6.07, 6.45) is 4.60. The molecule has 0 amide bonds. The van der Waals surface area contributed by atoms with Crippen LogP contribution in [0, 0.1) is 0 Å². The SMILES string of the molecule is CC(C)(C)c1ccc(-c2ccccc2N2c3cc(N4c5ccc(-c6ccccc6)cc5C5(C)CCCCC45C)cc4c3B3c5c2cccc5C(c2ccccc2)(c2ccccc2)c2cccc(c23)N4c2ccccc2-c2ccc(C(C)(C)C)cc2)cc1. The summed E-state index contributed by atoms with van der Waals surface area (Å²) in [6, 6.07) is 98.4. The molecule has 2 unspecified atom stereocenters. The van der Waals surface area contributed by atoms with Gasteiger partial charge < -0.3 is 14.7 Å². The largest absolute Gasteiger partial charge is 0.334 e. The summed E-state index contributed by atoms with van der Waals surface area (Å²) < 4.78 is 0. The van der Waals surface area contributed by atoms with Crippen molar-refractivity contribution in [2.24, 2.45) is 0 Å². The number of hydrogen-bond acceptors (Lipinski definition) is 3. The van der Waals surface area contributed by atoms with Gasteiger partial charge in [0.25, 0.3) is 6.71 Å². The quantitative estimate of drug-likeness (QED) is 0.140. The fourth-order valence-corrected chi connectivity index (χ4v) is 16.8. The Hall–Kier alpha value is -9.12. The van der Waals surface area contributed by atoms with Crippen LogP contribution in [0.25, 0.3) is 33.4 Å². The maximum absolute atomic E-state index is 2.83. The smallest absolute Gasteiger partial charge is 0.253 e. The summed E-state index contributed by atoms with van der Waals surface area (Å²) in [4.78, 5) is 8.24. The first-order valence-electron chi connectivity index (χ1n) is 31.7. The molecular weight excluding hydrogens is 1050 g/mol. The number of fused-ring (bicyclic) bond motifs is 3. The van der Waals surface area contributed by atoms with E-state index in [1.807, 2.05) is 0 Å². The molecule has 0 N–H and O–H groups in total. The van der Waals surface area contributed by atoms with E-state index in [0.29, 0.717) is 0 Å². The molecule has 1 fully saturated rings. The first kappa shape index (κ1) is 53.4. The van der Waals surface area contributed by atoms with Gasteiger partial charge in [0.15, 0.2) is 0 Å². The maximum Gasteiger partial charge on any atom is 0.253 e. The number of nitrogens with zero attached hydrogens (tertiary/aromatic N) is 3. The van der Waals surface area contributed by atoms with Gasteiger partial charge in [-0.2, -0.15) is 0 Å². The molecule has 3 nitrogen and oxygen atoms in total. The fraction of sp³-hybridized carbons (Fsp3) is 0.205. The normalized spacial score (nSPS) is 18.5. The molecule has 0 spiro atoms. The molecule has 4 aliphatic heterocycles. The average molecular weight is 1120 g/mol. The molecule has 1 aliphatic carbocycles. The average Bonchev–Trinajstić information content (AvgIpc) is 0.892. The van der Waals surface area contributed by atoms with Gasteiger partial charge in [0.1, 0.15) is 0 Å². The summed E-state index contributed by atoms with van der Waals surface area (Å²) in [5, 5.41) is 0. The van der Waals surface area contributed by atoms with Crippen LogP contribution in [0.3, 0.4) is 0 Å². The molecule has 0 radical (unpaired) electrons. The number of benzene rings is 11. The van der Waals surface area contributed by atoms with Gasteiger partial charge in [0.05, 0.1) is 22.3 Å². The minimum atomic E-state index is -0.676. The van der Waals surface area contributed by atoms with Crippen molar-refractivity contribution in [3.05, 3.63) is 294 Å². The third kappa shape index (κ3) is 7.75. The van der Waals surface area contributed by atoms with Gasteiger partial charge in [-0.1, -0.05) is 268 Å². The number of anilines is 8. The Morgan fingerprint density at radius 3 is 1.28 bits per heavy atom. The molecule has 0 aromatic heterocycles. The van der Waals surface area contributed by atoms with Gasteiger partial charge in [-0.3, -0.25) is 0 Å². The van der Waals surface area contributed by atoms with Crippen molar-refractivity contribution in [3.63, 3.8) is 0 Å². The highest BCUT2D eigenvalue weighted by molar-refractivity contribution is 7.01. The molecule has 4 heterocycles. The third-order valence-corrected chi connectivity index (χ3v) is 21.2. The van der Waals surface area contributed by atoms with E-state index in [1.54, 1.807) is 0 Å². The Bertz CT molecular complexity index is 4290. The van der Waals surface area contributed by atoms with Crippen LogP contribution in [0.2, 0.25) is 0 Å². The first-order chi connectivity index (χ1) is 42.2. The Kier molecular flexibility index (Phi) is 11.9. The van der Waals surface area contributed by atoms with Gasteiger partial charge in [-0.15, -0.1) is 0 Å². The van der Waals surface area contributed by atoms with Crippen molar-refractivity contribution in [2.75, 3.05) is 14.7 Å². The van der Waals surface area contributed by atoms with Crippen molar-refractivity contribution < 1.29 is 0 Å². The van der Waals surface area contributed by atoms with E-state index in [0.717, 1.165) is 24.2 Å². The van der Waals surface area contributed by atoms with E-state index >= 15 is 0 Å². The van der Waals surface area contributed by atoms with Crippen LogP contribution in [-0.4, -0.2) is 12.3 Å². The standard InChI is InChI=1S/C83H74BN3/c1-79(2,3)59-45-40-56(41-46-59)64-32-18-20-36-69(64)85-72-38-24-34-66-76(72)84-77-67(83(66,61-28-14-10-15-29-61)62-30-16-11-17-31-62)35-25-39-73(77)86(70-37-21-19-33-65(70)57-42-47-60(48-43-57)80(4,5)6)75-54-63(53-74(85)78(75)84)87-71-49-44-58(55-26-12-9-13-27-55)52-68(71)81(7)50-22-23-51-82(81,87)8/h9-21,24-49,52-54H,22-23,50-51H2,1-8H3. The second-order valence-corrected chi connectivity index (χ2v) is 27.9. The maximum atomic E-state index is 2.83. The Balaban J connectivity index is 1.05. The number of rotatable bonds is 8. The van der Waals surface area contributed by atoms with Crippen LogP contribution in [0.4, 0.5) is 45.5 Å². The molecular formula is C83H74BN3. The predicted octanol–water partition coefficient (Wildman–Crippen LogP) is 19.8. The second kappa shape index (κ2) is 19.4. The third-order valence-electron chi connectivity index (χ3n) is 21.2. The summed E-state index contributed by atoms with van der Waals surface area (Å²) in [5.41, 5.74) is 29.4. The van der Waals surface area contributed by atoms with Crippen LogP contribution in [0.1, 0.15) is 120 Å². The minimum Gasteiger partial charge on any atom is -0.334 e. The molecule has 11 aromatic carbocycles. The second-order valence-electron chi connectivity index (χ2n) is 27.9. The van der Waals surface area contributed by atoms with Crippen molar-refractivity contribution in [1.29, 1.82) is 0 Å². The molecule has 0 saturated heterocycles. The molecule has 424 valence electrons. The molecule has 0 bridgehead atoms. The Morgan fingerprint density at radius 1 is 0.345 bits per heavy atom. The Labute approximate surface area is 515 Å². The van der Waals surface area contributed by atoms with Gasteiger partial charge in [0.2, 0.25) is 0 Å². The zero-order valence-electron chi connectivity index (χ0n) is 51.5. The van der Waals surface area contributed by atoms with Crippen LogP contribution in [-0.2, 0) is 21.7 Å². The number of para-hydroxylation sites is 2. The highest BCUT2D eigenvalue weighted by atomic mass is 15.3. The molecule has 5 aliphatic rings. The van der Waals surface area contributed by atoms with Gasteiger partial charge in [-0.05, 0) is 157 Å².